The summed E-state index contributed by atoms with van der Waals surface area (Å²) in [4.78, 5) is 34.1. The minimum atomic E-state index is -0.155. The summed E-state index contributed by atoms with van der Waals surface area (Å²) in [7, 11) is 0. The van der Waals surface area contributed by atoms with E-state index in [0.717, 1.165) is 35.6 Å². The van der Waals surface area contributed by atoms with Crippen LogP contribution in [0.25, 0.3) is 0 Å². The van der Waals surface area contributed by atoms with Crippen molar-refractivity contribution in [2.75, 3.05) is 13.1 Å². The van der Waals surface area contributed by atoms with E-state index in [1.165, 1.54) is 0 Å². The standard InChI is InChI=1S/C20H24N4O3/c1-12-5-4-6-18(21-12)20(26)23-9-15-7-8-16(10-23)24(19(15)25)11-17-13(2)22-27-14(17)3/h4-6,15-16H,7-11H2,1-3H3/t15-,16+/m1/s1. The first-order valence-corrected chi connectivity index (χ1v) is 9.39. The largest absolute Gasteiger partial charge is 0.361 e. The number of aryl methyl sites for hydroxylation is 3. The number of hydrogen-bond acceptors (Lipinski definition) is 5. The van der Waals surface area contributed by atoms with E-state index in [0.29, 0.717) is 25.3 Å². The molecule has 2 atom stereocenters. The van der Waals surface area contributed by atoms with E-state index in [1.54, 1.807) is 11.0 Å². The van der Waals surface area contributed by atoms with Gasteiger partial charge in [-0.3, -0.25) is 9.59 Å². The van der Waals surface area contributed by atoms with Gasteiger partial charge >= 0.3 is 0 Å². The average Bonchev–Trinajstić information content (AvgIpc) is 2.82. The highest BCUT2D eigenvalue weighted by Gasteiger charge is 2.42. The van der Waals surface area contributed by atoms with Gasteiger partial charge in [-0.05, 0) is 45.7 Å². The van der Waals surface area contributed by atoms with E-state index in [9.17, 15) is 9.59 Å². The lowest BCUT2D eigenvalue weighted by atomic mass is 9.93. The predicted octanol–water partition coefficient (Wildman–Crippen LogP) is 2.26. The molecule has 0 radical (unpaired) electrons. The van der Waals surface area contributed by atoms with Crippen LogP contribution in [-0.4, -0.2) is 50.9 Å². The van der Waals surface area contributed by atoms with Crippen molar-refractivity contribution in [3.8, 4) is 0 Å². The Labute approximate surface area is 158 Å². The molecule has 0 N–H and O–H groups in total. The van der Waals surface area contributed by atoms with Crippen LogP contribution >= 0.6 is 0 Å². The van der Waals surface area contributed by atoms with Gasteiger partial charge in [-0.15, -0.1) is 0 Å². The summed E-state index contributed by atoms with van der Waals surface area (Å²) in [6.07, 6.45) is 1.73. The second-order valence-electron chi connectivity index (χ2n) is 7.57. The number of aromatic nitrogens is 2. The maximum absolute atomic E-state index is 13.0. The second kappa shape index (κ2) is 6.79. The number of pyridine rings is 1. The number of amides is 2. The average molecular weight is 368 g/mol. The summed E-state index contributed by atoms with van der Waals surface area (Å²) in [5.41, 5.74) is 3.04. The minimum Gasteiger partial charge on any atom is -0.361 e. The molecule has 3 aliphatic heterocycles. The van der Waals surface area contributed by atoms with E-state index in [1.807, 2.05) is 37.8 Å². The fraction of sp³-hybridized carbons (Fsp3) is 0.500. The lowest BCUT2D eigenvalue weighted by Crippen LogP contribution is -2.47. The molecule has 142 valence electrons. The van der Waals surface area contributed by atoms with Crippen LogP contribution in [0.3, 0.4) is 0 Å². The van der Waals surface area contributed by atoms with Crippen LogP contribution in [0, 0.1) is 26.7 Å². The smallest absolute Gasteiger partial charge is 0.272 e. The van der Waals surface area contributed by atoms with Crippen molar-refractivity contribution in [3.63, 3.8) is 0 Å². The van der Waals surface area contributed by atoms with Crippen molar-refractivity contribution in [2.24, 2.45) is 5.92 Å². The van der Waals surface area contributed by atoms with E-state index in [-0.39, 0.29) is 23.8 Å². The molecule has 0 unspecified atom stereocenters. The number of hydrogen-bond donors (Lipinski definition) is 0. The highest BCUT2D eigenvalue weighted by molar-refractivity contribution is 5.93. The molecule has 7 nitrogen and oxygen atoms in total. The van der Waals surface area contributed by atoms with Gasteiger partial charge in [-0.25, -0.2) is 4.98 Å². The molecular weight excluding hydrogens is 344 g/mol. The van der Waals surface area contributed by atoms with Gasteiger partial charge in [0.25, 0.3) is 5.91 Å². The lowest BCUT2D eigenvalue weighted by molar-refractivity contribution is -0.140. The summed E-state index contributed by atoms with van der Waals surface area (Å²) in [5.74, 6) is 0.622. The van der Waals surface area contributed by atoms with Crippen molar-refractivity contribution in [1.29, 1.82) is 0 Å². The Hall–Kier alpha value is -2.70. The van der Waals surface area contributed by atoms with Crippen LogP contribution in [-0.2, 0) is 11.3 Å². The van der Waals surface area contributed by atoms with Crippen molar-refractivity contribution < 1.29 is 14.1 Å². The Kier molecular flexibility index (Phi) is 4.45. The van der Waals surface area contributed by atoms with Crippen molar-refractivity contribution in [1.82, 2.24) is 19.9 Å². The van der Waals surface area contributed by atoms with Gasteiger partial charge in [0.15, 0.2) is 0 Å². The van der Waals surface area contributed by atoms with Crippen molar-refractivity contribution in [3.05, 3.63) is 46.6 Å². The first-order chi connectivity index (χ1) is 12.9. The summed E-state index contributed by atoms with van der Waals surface area (Å²) >= 11 is 0. The SMILES string of the molecule is Cc1cccc(C(=O)N2C[C@H]3CC[C@@H](C2)N(Cc2c(C)noc2C)C3=O)n1. The Balaban J connectivity index is 1.58. The van der Waals surface area contributed by atoms with Crippen LogP contribution in [0.2, 0.25) is 0 Å². The third-order valence-electron chi connectivity index (χ3n) is 5.70. The first-order valence-electron chi connectivity index (χ1n) is 9.39. The predicted molar refractivity (Wildman–Crippen MR) is 97.9 cm³/mol. The molecule has 2 aromatic rings. The van der Waals surface area contributed by atoms with Crippen LogP contribution in [0.5, 0.6) is 0 Å². The number of carbonyl (C=O) groups excluding carboxylic acids is 2. The monoisotopic (exact) mass is 368 g/mol. The topological polar surface area (TPSA) is 79.5 Å². The Morgan fingerprint density at radius 3 is 2.74 bits per heavy atom. The molecule has 0 aliphatic carbocycles. The highest BCUT2D eigenvalue weighted by atomic mass is 16.5. The van der Waals surface area contributed by atoms with Gasteiger partial charge in [0, 0.05) is 30.4 Å². The van der Waals surface area contributed by atoms with Gasteiger partial charge in [0.2, 0.25) is 5.91 Å². The molecule has 3 fully saturated rings. The normalized spacial score (nSPS) is 22.3. The third-order valence-corrected chi connectivity index (χ3v) is 5.70. The van der Waals surface area contributed by atoms with Crippen LogP contribution in [0.4, 0.5) is 0 Å². The fourth-order valence-corrected chi connectivity index (χ4v) is 4.14. The molecule has 3 saturated heterocycles. The maximum atomic E-state index is 13.0. The minimum absolute atomic E-state index is 0.0127. The molecule has 2 aromatic heterocycles. The Bertz CT molecular complexity index is 872. The van der Waals surface area contributed by atoms with Crippen molar-refractivity contribution >= 4 is 11.8 Å². The van der Waals surface area contributed by atoms with E-state index < -0.39 is 0 Å². The second-order valence-corrected chi connectivity index (χ2v) is 7.57. The number of carbonyl (C=O) groups is 2. The Morgan fingerprint density at radius 1 is 1.22 bits per heavy atom. The molecule has 3 aliphatic rings. The van der Waals surface area contributed by atoms with Gasteiger partial charge in [0.05, 0.1) is 18.2 Å². The third kappa shape index (κ3) is 3.22. The first kappa shape index (κ1) is 17.7. The molecular formula is C20H24N4O3. The molecule has 2 bridgehead atoms. The Morgan fingerprint density at radius 2 is 2.04 bits per heavy atom. The number of rotatable bonds is 3. The molecule has 0 aromatic carbocycles. The number of piperidine rings is 1. The van der Waals surface area contributed by atoms with E-state index in [2.05, 4.69) is 10.1 Å². The molecule has 5 rings (SSSR count). The van der Waals surface area contributed by atoms with E-state index in [4.69, 9.17) is 4.52 Å². The summed E-state index contributed by atoms with van der Waals surface area (Å²) in [6.45, 7) is 7.13. The van der Waals surface area contributed by atoms with Crippen LogP contribution in [0.15, 0.2) is 22.7 Å². The number of fused-ring (bicyclic) bond motifs is 4. The zero-order valence-corrected chi connectivity index (χ0v) is 15.9. The molecule has 0 saturated carbocycles. The lowest BCUT2D eigenvalue weighted by Gasteiger charge is -2.35. The highest BCUT2D eigenvalue weighted by Crippen LogP contribution is 2.32. The molecule has 27 heavy (non-hydrogen) atoms. The van der Waals surface area contributed by atoms with Crippen molar-refractivity contribution in [2.45, 2.75) is 46.2 Å². The quantitative estimate of drug-likeness (QED) is 0.830. The van der Waals surface area contributed by atoms with Gasteiger partial charge < -0.3 is 14.3 Å². The summed E-state index contributed by atoms with van der Waals surface area (Å²) < 4.78 is 5.25. The molecule has 7 heteroatoms. The molecule has 5 heterocycles. The zero-order valence-electron chi connectivity index (χ0n) is 15.9. The van der Waals surface area contributed by atoms with Crippen LogP contribution in [0.1, 0.15) is 46.0 Å². The van der Waals surface area contributed by atoms with Gasteiger partial charge in [-0.2, -0.15) is 0 Å². The molecule has 2 amide bonds. The van der Waals surface area contributed by atoms with Crippen LogP contribution < -0.4 is 0 Å². The van der Waals surface area contributed by atoms with E-state index >= 15 is 0 Å². The maximum Gasteiger partial charge on any atom is 0.272 e. The van der Waals surface area contributed by atoms with Gasteiger partial charge in [-0.1, -0.05) is 11.2 Å². The fourth-order valence-electron chi connectivity index (χ4n) is 4.14. The summed E-state index contributed by atoms with van der Waals surface area (Å²) in [6, 6.07) is 5.47. The van der Waals surface area contributed by atoms with Gasteiger partial charge in [0.1, 0.15) is 11.5 Å². The zero-order chi connectivity index (χ0) is 19.1. The number of nitrogens with zero attached hydrogens (tertiary/aromatic N) is 4. The summed E-state index contributed by atoms with van der Waals surface area (Å²) in [5, 5.41) is 4.00. The molecule has 0 spiro atoms.